The highest BCUT2D eigenvalue weighted by Gasteiger charge is 2.61. The molecule has 4 heteroatoms. The topological polar surface area (TPSA) is 58.9 Å². The number of aliphatic hydroxyl groups is 2. The van der Waals surface area contributed by atoms with Crippen LogP contribution in [0.15, 0.2) is 0 Å². The van der Waals surface area contributed by atoms with Crippen LogP contribution in [0.5, 0.6) is 0 Å². The van der Waals surface area contributed by atoms with Crippen molar-refractivity contribution in [1.82, 2.24) is 0 Å². The van der Waals surface area contributed by atoms with Crippen LogP contribution in [0.25, 0.3) is 0 Å². The lowest BCUT2D eigenvalue weighted by molar-refractivity contribution is -0.174. The van der Waals surface area contributed by atoms with E-state index in [1.165, 1.54) is 0 Å². The Morgan fingerprint density at radius 1 is 1.31 bits per heavy atom. The van der Waals surface area contributed by atoms with Crippen LogP contribution in [-0.2, 0) is 9.47 Å². The van der Waals surface area contributed by atoms with Crippen molar-refractivity contribution in [3.8, 4) is 0 Å². The van der Waals surface area contributed by atoms with Crippen molar-refractivity contribution in [3.63, 3.8) is 0 Å². The van der Waals surface area contributed by atoms with Gasteiger partial charge in [-0.2, -0.15) is 0 Å². The summed E-state index contributed by atoms with van der Waals surface area (Å²) >= 11 is 0. The molecule has 0 unspecified atom stereocenters. The molecule has 0 bridgehead atoms. The third kappa shape index (κ3) is 0.944. The van der Waals surface area contributed by atoms with Gasteiger partial charge in [0.1, 0.15) is 0 Å². The van der Waals surface area contributed by atoms with Crippen molar-refractivity contribution >= 4 is 0 Å². The molecule has 3 rings (SSSR count). The van der Waals surface area contributed by atoms with E-state index in [2.05, 4.69) is 0 Å². The van der Waals surface area contributed by atoms with Gasteiger partial charge in [0.2, 0.25) is 0 Å². The van der Waals surface area contributed by atoms with Gasteiger partial charge in [-0.25, -0.2) is 0 Å². The van der Waals surface area contributed by atoms with E-state index in [0.717, 1.165) is 6.42 Å². The number of ether oxygens (including phenoxy) is 2. The van der Waals surface area contributed by atoms with Gasteiger partial charge in [0, 0.05) is 12.3 Å². The molecular weight excluding hydrogens is 172 g/mol. The van der Waals surface area contributed by atoms with Crippen LogP contribution in [0.3, 0.4) is 0 Å². The summed E-state index contributed by atoms with van der Waals surface area (Å²) in [5, 5.41) is 19.9. The van der Waals surface area contributed by atoms with Gasteiger partial charge in [0.15, 0.2) is 6.29 Å². The fourth-order valence-corrected chi connectivity index (χ4v) is 3.07. The molecule has 0 amide bonds. The zero-order chi connectivity index (χ0) is 9.05. The minimum atomic E-state index is -0.824. The smallest absolute Gasteiger partial charge is 0.163 e. The first-order chi connectivity index (χ1) is 6.21. The maximum atomic E-state index is 10.1. The predicted octanol–water partition coefficient (Wildman–Crippen LogP) is -0.509. The average Bonchev–Trinajstić information content (AvgIpc) is 2.56. The van der Waals surface area contributed by atoms with Crippen LogP contribution in [0, 0.1) is 11.8 Å². The van der Waals surface area contributed by atoms with Crippen LogP contribution < -0.4 is 0 Å². The monoisotopic (exact) mass is 186 g/mol. The quantitative estimate of drug-likeness (QED) is 0.535. The lowest BCUT2D eigenvalue weighted by Crippen LogP contribution is -2.41. The second-order valence-electron chi connectivity index (χ2n) is 4.40. The van der Waals surface area contributed by atoms with Gasteiger partial charge < -0.3 is 19.7 Å². The van der Waals surface area contributed by atoms with Gasteiger partial charge in [-0.1, -0.05) is 0 Å². The van der Waals surface area contributed by atoms with Crippen LogP contribution in [0.4, 0.5) is 0 Å². The molecule has 2 saturated heterocycles. The molecule has 74 valence electrons. The molecule has 2 heterocycles. The molecule has 1 aliphatic carbocycles. The number of hydrogen-bond donors (Lipinski definition) is 2. The molecule has 3 aliphatic rings. The van der Waals surface area contributed by atoms with Gasteiger partial charge in [0.05, 0.1) is 24.9 Å². The molecule has 0 radical (unpaired) electrons. The van der Waals surface area contributed by atoms with Crippen molar-refractivity contribution in [1.29, 1.82) is 0 Å². The first-order valence-corrected chi connectivity index (χ1v) is 4.84. The minimum Gasteiger partial charge on any atom is -0.393 e. The summed E-state index contributed by atoms with van der Waals surface area (Å²) in [4.78, 5) is 0. The van der Waals surface area contributed by atoms with E-state index in [1.807, 2.05) is 0 Å². The Bertz CT molecular complexity index is 232. The lowest BCUT2D eigenvalue weighted by Gasteiger charge is -2.32. The standard InChI is InChI=1S/C9H14O4/c10-6-3-9(11)4-13-8-7(9)5(6)1-2-12-8/h5-8,10-11H,1-4H2/t5-,6+,7+,8+,9+/m0/s1. The summed E-state index contributed by atoms with van der Waals surface area (Å²) in [6.45, 7) is 0.953. The Balaban J connectivity index is 1.96. The predicted molar refractivity (Wildman–Crippen MR) is 42.9 cm³/mol. The van der Waals surface area contributed by atoms with Gasteiger partial charge in [0.25, 0.3) is 0 Å². The SMILES string of the molecule is O[C@@H]1C[C@@]2(O)CO[C@H]3OCC[C@@H]1[C@H]32. The average molecular weight is 186 g/mol. The molecule has 1 saturated carbocycles. The molecule has 0 aromatic rings. The first-order valence-electron chi connectivity index (χ1n) is 4.84. The Kier molecular flexibility index (Phi) is 1.54. The van der Waals surface area contributed by atoms with Gasteiger partial charge in [-0.15, -0.1) is 0 Å². The Hall–Kier alpha value is -0.160. The largest absolute Gasteiger partial charge is 0.393 e. The van der Waals surface area contributed by atoms with Crippen molar-refractivity contribution < 1.29 is 19.7 Å². The van der Waals surface area contributed by atoms with Crippen molar-refractivity contribution in [2.75, 3.05) is 13.2 Å². The summed E-state index contributed by atoms with van der Waals surface area (Å²) in [7, 11) is 0. The van der Waals surface area contributed by atoms with E-state index in [-0.39, 0.29) is 24.2 Å². The molecule has 5 atom stereocenters. The van der Waals surface area contributed by atoms with E-state index in [0.29, 0.717) is 19.6 Å². The van der Waals surface area contributed by atoms with E-state index >= 15 is 0 Å². The Morgan fingerprint density at radius 3 is 3.00 bits per heavy atom. The van der Waals surface area contributed by atoms with Crippen LogP contribution in [-0.4, -0.2) is 41.4 Å². The third-order valence-electron chi connectivity index (χ3n) is 3.66. The summed E-state index contributed by atoms with van der Waals surface area (Å²) in [5.41, 5.74) is -0.824. The fourth-order valence-electron chi connectivity index (χ4n) is 3.07. The summed E-state index contributed by atoms with van der Waals surface area (Å²) < 4.78 is 10.8. The van der Waals surface area contributed by atoms with Crippen LogP contribution in [0.2, 0.25) is 0 Å². The molecule has 13 heavy (non-hydrogen) atoms. The molecule has 2 aliphatic heterocycles. The van der Waals surface area contributed by atoms with E-state index in [4.69, 9.17) is 9.47 Å². The van der Waals surface area contributed by atoms with Gasteiger partial charge >= 0.3 is 0 Å². The highest BCUT2D eigenvalue weighted by Crippen LogP contribution is 2.51. The Morgan fingerprint density at radius 2 is 2.15 bits per heavy atom. The first kappa shape index (κ1) is 8.17. The van der Waals surface area contributed by atoms with Crippen molar-refractivity contribution in [2.24, 2.45) is 11.8 Å². The second kappa shape index (κ2) is 2.45. The fraction of sp³-hybridized carbons (Fsp3) is 1.00. The van der Waals surface area contributed by atoms with Gasteiger partial charge in [-0.3, -0.25) is 0 Å². The molecule has 0 aromatic heterocycles. The normalized spacial score (nSPS) is 59.5. The molecule has 2 N–H and O–H groups in total. The zero-order valence-electron chi connectivity index (χ0n) is 7.35. The van der Waals surface area contributed by atoms with Crippen molar-refractivity contribution in [2.45, 2.75) is 30.8 Å². The maximum Gasteiger partial charge on any atom is 0.163 e. The number of aliphatic hydroxyl groups excluding tert-OH is 1. The zero-order valence-corrected chi connectivity index (χ0v) is 7.35. The summed E-state index contributed by atoms with van der Waals surface area (Å²) in [6, 6.07) is 0. The second-order valence-corrected chi connectivity index (χ2v) is 4.40. The molecule has 4 nitrogen and oxygen atoms in total. The highest BCUT2D eigenvalue weighted by molar-refractivity contribution is 5.07. The van der Waals surface area contributed by atoms with E-state index < -0.39 is 5.60 Å². The molecule has 3 fully saturated rings. The van der Waals surface area contributed by atoms with Crippen LogP contribution >= 0.6 is 0 Å². The van der Waals surface area contributed by atoms with Crippen LogP contribution in [0.1, 0.15) is 12.8 Å². The summed E-state index contributed by atoms with van der Waals surface area (Å²) in [5.74, 6) is 0.169. The number of rotatable bonds is 0. The molecular formula is C9H14O4. The minimum absolute atomic E-state index is 0.00347. The third-order valence-corrected chi connectivity index (χ3v) is 3.66. The van der Waals surface area contributed by atoms with E-state index in [9.17, 15) is 10.2 Å². The highest BCUT2D eigenvalue weighted by atomic mass is 16.7. The Labute approximate surface area is 76.5 Å². The summed E-state index contributed by atoms with van der Waals surface area (Å²) in [6.07, 6.45) is 0.641. The maximum absolute atomic E-state index is 10.1. The molecule has 0 aromatic carbocycles. The number of hydrogen-bond acceptors (Lipinski definition) is 4. The van der Waals surface area contributed by atoms with Gasteiger partial charge in [-0.05, 0) is 12.3 Å². The molecule has 0 spiro atoms. The van der Waals surface area contributed by atoms with Crippen molar-refractivity contribution in [3.05, 3.63) is 0 Å². The lowest BCUT2D eigenvalue weighted by atomic mass is 9.84. The van der Waals surface area contributed by atoms with E-state index in [1.54, 1.807) is 0 Å².